The SMILES string of the molecule is CN(CCCCO)Cc1ccccc1Br. The average molecular weight is 272 g/mol. The van der Waals surface area contributed by atoms with Gasteiger partial charge in [-0.1, -0.05) is 34.1 Å². The predicted molar refractivity (Wildman–Crippen MR) is 66.8 cm³/mol. The lowest BCUT2D eigenvalue weighted by molar-refractivity contribution is 0.261. The van der Waals surface area contributed by atoms with Gasteiger partial charge in [-0.2, -0.15) is 0 Å². The van der Waals surface area contributed by atoms with E-state index in [1.165, 1.54) is 10.0 Å². The molecule has 0 aliphatic carbocycles. The van der Waals surface area contributed by atoms with Gasteiger partial charge in [-0.05, 0) is 38.1 Å². The van der Waals surface area contributed by atoms with Crippen molar-refractivity contribution in [3.05, 3.63) is 34.3 Å². The van der Waals surface area contributed by atoms with Crippen molar-refractivity contribution in [3.8, 4) is 0 Å². The fraction of sp³-hybridized carbons (Fsp3) is 0.500. The lowest BCUT2D eigenvalue weighted by atomic mass is 10.2. The van der Waals surface area contributed by atoms with E-state index < -0.39 is 0 Å². The first-order chi connectivity index (χ1) is 7.24. The van der Waals surface area contributed by atoms with Gasteiger partial charge in [0.2, 0.25) is 0 Å². The summed E-state index contributed by atoms with van der Waals surface area (Å²) in [6.07, 6.45) is 1.94. The molecule has 1 N–H and O–H groups in total. The van der Waals surface area contributed by atoms with Crippen molar-refractivity contribution >= 4 is 15.9 Å². The third-order valence-electron chi connectivity index (χ3n) is 2.35. The molecule has 84 valence electrons. The Balaban J connectivity index is 2.37. The summed E-state index contributed by atoms with van der Waals surface area (Å²) < 4.78 is 1.17. The van der Waals surface area contributed by atoms with E-state index in [9.17, 15) is 0 Å². The van der Waals surface area contributed by atoms with E-state index >= 15 is 0 Å². The zero-order valence-electron chi connectivity index (χ0n) is 9.12. The molecule has 0 unspecified atom stereocenters. The van der Waals surface area contributed by atoms with Gasteiger partial charge in [-0.25, -0.2) is 0 Å². The topological polar surface area (TPSA) is 23.5 Å². The van der Waals surface area contributed by atoms with Gasteiger partial charge < -0.3 is 10.0 Å². The van der Waals surface area contributed by atoms with Crippen molar-refractivity contribution in [1.82, 2.24) is 4.90 Å². The van der Waals surface area contributed by atoms with Gasteiger partial charge in [0.1, 0.15) is 0 Å². The van der Waals surface area contributed by atoms with E-state index in [1.54, 1.807) is 0 Å². The van der Waals surface area contributed by atoms with Gasteiger partial charge in [0.25, 0.3) is 0 Å². The number of aliphatic hydroxyl groups excluding tert-OH is 1. The van der Waals surface area contributed by atoms with Crippen LogP contribution in [-0.4, -0.2) is 30.2 Å². The summed E-state index contributed by atoms with van der Waals surface area (Å²) in [5, 5.41) is 8.69. The Morgan fingerprint density at radius 2 is 2.00 bits per heavy atom. The molecule has 0 aromatic heterocycles. The van der Waals surface area contributed by atoms with Crippen LogP contribution in [0, 0.1) is 0 Å². The number of hydrogen-bond donors (Lipinski definition) is 1. The minimum absolute atomic E-state index is 0.295. The maximum atomic E-state index is 8.69. The average Bonchev–Trinajstić information content (AvgIpc) is 2.22. The van der Waals surface area contributed by atoms with Crippen LogP contribution in [0.1, 0.15) is 18.4 Å². The summed E-state index contributed by atoms with van der Waals surface area (Å²) in [7, 11) is 2.11. The molecule has 1 aromatic carbocycles. The van der Waals surface area contributed by atoms with Crippen LogP contribution in [0.4, 0.5) is 0 Å². The second kappa shape index (κ2) is 6.99. The molecule has 0 spiro atoms. The van der Waals surface area contributed by atoms with Crippen molar-refractivity contribution in [3.63, 3.8) is 0 Å². The van der Waals surface area contributed by atoms with Gasteiger partial charge in [0.05, 0.1) is 0 Å². The fourth-order valence-electron chi connectivity index (χ4n) is 1.49. The number of hydrogen-bond acceptors (Lipinski definition) is 2. The third kappa shape index (κ3) is 4.78. The standard InChI is InChI=1S/C12H18BrNO/c1-14(8-4-5-9-15)10-11-6-2-3-7-12(11)13/h2-3,6-7,15H,4-5,8-10H2,1H3. The van der Waals surface area contributed by atoms with Crippen LogP contribution in [0.2, 0.25) is 0 Å². The Morgan fingerprint density at radius 1 is 1.27 bits per heavy atom. The second-order valence-electron chi connectivity index (χ2n) is 3.76. The van der Waals surface area contributed by atoms with Gasteiger partial charge in [0, 0.05) is 17.6 Å². The maximum absolute atomic E-state index is 8.69. The number of halogens is 1. The van der Waals surface area contributed by atoms with E-state index in [2.05, 4.69) is 46.1 Å². The quantitative estimate of drug-likeness (QED) is 0.805. The van der Waals surface area contributed by atoms with Crippen molar-refractivity contribution in [2.45, 2.75) is 19.4 Å². The number of rotatable bonds is 6. The molecule has 3 heteroatoms. The molecule has 0 heterocycles. The molecule has 0 fully saturated rings. The summed E-state index contributed by atoms with van der Waals surface area (Å²) in [5.41, 5.74) is 1.31. The Labute approximate surface area is 100 Å². The molecule has 2 nitrogen and oxygen atoms in total. The van der Waals surface area contributed by atoms with Crippen LogP contribution >= 0.6 is 15.9 Å². The Hall–Kier alpha value is -0.380. The number of aliphatic hydroxyl groups is 1. The predicted octanol–water partition coefficient (Wildman–Crippen LogP) is 2.65. The van der Waals surface area contributed by atoms with E-state index in [0.29, 0.717) is 6.61 Å². The molecule has 0 amide bonds. The van der Waals surface area contributed by atoms with Crippen LogP contribution in [-0.2, 0) is 6.54 Å². The summed E-state index contributed by atoms with van der Waals surface area (Å²) in [5.74, 6) is 0. The molecule has 0 aliphatic rings. The molecule has 1 rings (SSSR count). The Kier molecular flexibility index (Phi) is 5.91. The van der Waals surface area contributed by atoms with Crippen LogP contribution in [0.3, 0.4) is 0 Å². The molecule has 0 saturated carbocycles. The van der Waals surface area contributed by atoms with Crippen molar-refractivity contribution in [2.75, 3.05) is 20.2 Å². The summed E-state index contributed by atoms with van der Waals surface area (Å²) >= 11 is 3.54. The smallest absolute Gasteiger partial charge is 0.0431 e. The second-order valence-corrected chi connectivity index (χ2v) is 4.61. The Morgan fingerprint density at radius 3 is 2.67 bits per heavy atom. The zero-order valence-corrected chi connectivity index (χ0v) is 10.7. The van der Waals surface area contributed by atoms with Crippen molar-refractivity contribution < 1.29 is 5.11 Å². The molecule has 15 heavy (non-hydrogen) atoms. The van der Waals surface area contributed by atoms with Crippen LogP contribution in [0.25, 0.3) is 0 Å². The summed E-state index contributed by atoms with van der Waals surface area (Å²) in [4.78, 5) is 2.27. The molecule has 0 atom stereocenters. The first kappa shape index (κ1) is 12.7. The zero-order chi connectivity index (χ0) is 11.1. The number of benzene rings is 1. The van der Waals surface area contributed by atoms with E-state index in [-0.39, 0.29) is 0 Å². The van der Waals surface area contributed by atoms with E-state index in [4.69, 9.17) is 5.11 Å². The molecule has 0 radical (unpaired) electrons. The van der Waals surface area contributed by atoms with Crippen molar-refractivity contribution in [1.29, 1.82) is 0 Å². The maximum Gasteiger partial charge on any atom is 0.0431 e. The molecule has 0 bridgehead atoms. The fourth-order valence-corrected chi connectivity index (χ4v) is 1.90. The highest BCUT2D eigenvalue weighted by atomic mass is 79.9. The van der Waals surface area contributed by atoms with E-state index in [1.807, 2.05) is 6.07 Å². The third-order valence-corrected chi connectivity index (χ3v) is 3.12. The van der Waals surface area contributed by atoms with Gasteiger partial charge >= 0.3 is 0 Å². The monoisotopic (exact) mass is 271 g/mol. The molecule has 0 saturated heterocycles. The summed E-state index contributed by atoms with van der Waals surface area (Å²) in [6, 6.07) is 8.28. The van der Waals surface area contributed by atoms with Crippen LogP contribution in [0.5, 0.6) is 0 Å². The highest BCUT2D eigenvalue weighted by Gasteiger charge is 2.02. The van der Waals surface area contributed by atoms with Crippen LogP contribution in [0.15, 0.2) is 28.7 Å². The lowest BCUT2D eigenvalue weighted by Crippen LogP contribution is -2.19. The highest BCUT2D eigenvalue weighted by Crippen LogP contribution is 2.17. The van der Waals surface area contributed by atoms with Gasteiger partial charge in [-0.3, -0.25) is 0 Å². The largest absolute Gasteiger partial charge is 0.396 e. The normalized spacial score (nSPS) is 10.9. The van der Waals surface area contributed by atoms with Crippen LogP contribution < -0.4 is 0 Å². The van der Waals surface area contributed by atoms with Gasteiger partial charge in [-0.15, -0.1) is 0 Å². The number of unbranched alkanes of at least 4 members (excludes halogenated alkanes) is 1. The first-order valence-corrected chi connectivity index (χ1v) is 6.06. The number of nitrogens with zero attached hydrogens (tertiary/aromatic N) is 1. The van der Waals surface area contributed by atoms with E-state index in [0.717, 1.165) is 25.9 Å². The highest BCUT2D eigenvalue weighted by molar-refractivity contribution is 9.10. The lowest BCUT2D eigenvalue weighted by Gasteiger charge is -2.17. The Bertz CT molecular complexity index is 291. The molecule has 0 aliphatic heterocycles. The molecular formula is C12H18BrNO. The van der Waals surface area contributed by atoms with Gasteiger partial charge in [0.15, 0.2) is 0 Å². The first-order valence-electron chi connectivity index (χ1n) is 5.27. The summed E-state index contributed by atoms with van der Waals surface area (Å²) in [6.45, 7) is 2.28. The molecular weight excluding hydrogens is 254 g/mol. The molecule has 1 aromatic rings. The minimum Gasteiger partial charge on any atom is -0.396 e. The van der Waals surface area contributed by atoms with Crippen molar-refractivity contribution in [2.24, 2.45) is 0 Å². The minimum atomic E-state index is 0.295.